The van der Waals surface area contributed by atoms with Crippen molar-refractivity contribution in [2.45, 2.75) is 11.4 Å². The zero-order chi connectivity index (χ0) is 26.5. The molecule has 1 amide bonds. The number of hydrogen-bond donors (Lipinski definition) is 2. The Kier molecular flexibility index (Phi) is 7.50. The van der Waals surface area contributed by atoms with Crippen LogP contribution in [0.5, 0.6) is 0 Å². The fourth-order valence-electron chi connectivity index (χ4n) is 3.38. The minimum atomic E-state index is -3.90. The predicted octanol–water partition coefficient (Wildman–Crippen LogP) is 3.50. The molecule has 1 heterocycles. The molecule has 0 unspecified atom stereocenters. The standard InChI is InChI=1S/C25H23N5O5S2/c1-36(32,33)30(18-19-6-3-2-4-7-19)22-12-8-20(9-13-22)24(31)28-21-10-14-23(15-11-21)37(34,35)29-25-26-16-5-17-27-25/h2-17H,18H2,1H3,(H,28,31)(H,26,27,29). The maximum atomic E-state index is 12.7. The van der Waals surface area contributed by atoms with E-state index in [1.54, 1.807) is 18.2 Å². The molecule has 4 rings (SSSR count). The topological polar surface area (TPSA) is 138 Å². The second kappa shape index (κ2) is 10.8. The number of benzene rings is 3. The summed E-state index contributed by atoms with van der Waals surface area (Å²) in [5, 5.41) is 2.69. The van der Waals surface area contributed by atoms with Crippen LogP contribution in [0.25, 0.3) is 0 Å². The van der Waals surface area contributed by atoms with E-state index in [1.165, 1.54) is 53.1 Å². The van der Waals surface area contributed by atoms with Gasteiger partial charge < -0.3 is 5.32 Å². The average Bonchev–Trinajstić information content (AvgIpc) is 2.88. The SMILES string of the molecule is CS(=O)(=O)N(Cc1ccccc1)c1ccc(C(=O)Nc2ccc(S(=O)(=O)Nc3ncccn3)cc2)cc1. The average molecular weight is 538 g/mol. The minimum Gasteiger partial charge on any atom is -0.322 e. The maximum absolute atomic E-state index is 12.7. The summed E-state index contributed by atoms with van der Waals surface area (Å²) in [5.41, 5.74) is 1.93. The van der Waals surface area contributed by atoms with Crippen molar-refractivity contribution in [3.63, 3.8) is 0 Å². The summed E-state index contributed by atoms with van der Waals surface area (Å²) in [6, 6.07) is 22.5. The Morgan fingerprint density at radius 2 is 1.43 bits per heavy atom. The first-order valence-electron chi connectivity index (χ1n) is 10.9. The van der Waals surface area contributed by atoms with Crippen LogP contribution in [0.15, 0.2) is 102 Å². The van der Waals surface area contributed by atoms with E-state index >= 15 is 0 Å². The fraction of sp³-hybridized carbons (Fsp3) is 0.0800. The summed E-state index contributed by atoms with van der Waals surface area (Å²) in [7, 11) is -7.46. The summed E-state index contributed by atoms with van der Waals surface area (Å²) >= 11 is 0. The van der Waals surface area contributed by atoms with Gasteiger partial charge in [0.2, 0.25) is 16.0 Å². The van der Waals surface area contributed by atoms with Crippen molar-refractivity contribution in [3.8, 4) is 0 Å². The minimum absolute atomic E-state index is 0.0263. The second-order valence-corrected chi connectivity index (χ2v) is 11.5. The van der Waals surface area contributed by atoms with Gasteiger partial charge in [-0.05, 0) is 60.2 Å². The van der Waals surface area contributed by atoms with Crippen molar-refractivity contribution in [2.24, 2.45) is 0 Å². The molecule has 0 spiro atoms. The van der Waals surface area contributed by atoms with E-state index in [-0.39, 0.29) is 17.4 Å². The third kappa shape index (κ3) is 6.68. The molecule has 0 aliphatic rings. The molecular weight excluding hydrogens is 514 g/mol. The van der Waals surface area contributed by atoms with Crippen molar-refractivity contribution in [2.75, 3.05) is 20.6 Å². The molecular formula is C25H23N5O5S2. The molecule has 10 nitrogen and oxygen atoms in total. The molecule has 0 aliphatic carbocycles. The van der Waals surface area contributed by atoms with Gasteiger partial charge in [-0.25, -0.2) is 31.5 Å². The molecule has 0 aliphatic heterocycles. The number of hydrogen-bond acceptors (Lipinski definition) is 7. The first kappa shape index (κ1) is 25.8. The van der Waals surface area contributed by atoms with Gasteiger partial charge in [-0.2, -0.15) is 0 Å². The number of carbonyl (C=O) groups is 1. The Labute approximate surface area is 215 Å². The highest BCUT2D eigenvalue weighted by Crippen LogP contribution is 2.22. The van der Waals surface area contributed by atoms with E-state index < -0.39 is 26.0 Å². The van der Waals surface area contributed by atoms with Crippen molar-refractivity contribution in [3.05, 3.63) is 108 Å². The number of rotatable bonds is 9. The van der Waals surface area contributed by atoms with Crippen LogP contribution < -0.4 is 14.3 Å². The highest BCUT2D eigenvalue weighted by Gasteiger charge is 2.19. The second-order valence-electron chi connectivity index (χ2n) is 7.96. The lowest BCUT2D eigenvalue weighted by molar-refractivity contribution is 0.102. The van der Waals surface area contributed by atoms with Crippen LogP contribution in [-0.4, -0.2) is 39.0 Å². The largest absolute Gasteiger partial charge is 0.322 e. The molecule has 37 heavy (non-hydrogen) atoms. The number of carbonyl (C=O) groups excluding carboxylic acids is 1. The fourth-order valence-corrected chi connectivity index (χ4v) is 5.23. The molecule has 1 aromatic heterocycles. The van der Waals surface area contributed by atoms with Gasteiger partial charge in [-0.1, -0.05) is 30.3 Å². The van der Waals surface area contributed by atoms with Gasteiger partial charge >= 0.3 is 0 Å². The van der Waals surface area contributed by atoms with E-state index in [1.807, 2.05) is 30.3 Å². The van der Waals surface area contributed by atoms with E-state index in [2.05, 4.69) is 20.0 Å². The van der Waals surface area contributed by atoms with Crippen LogP contribution in [0, 0.1) is 0 Å². The molecule has 3 aromatic carbocycles. The molecule has 0 fully saturated rings. The van der Waals surface area contributed by atoms with Gasteiger partial charge in [0.05, 0.1) is 23.4 Å². The number of anilines is 3. The third-order valence-electron chi connectivity index (χ3n) is 5.20. The lowest BCUT2D eigenvalue weighted by Gasteiger charge is -2.22. The first-order chi connectivity index (χ1) is 17.6. The first-order valence-corrected chi connectivity index (χ1v) is 14.3. The van der Waals surface area contributed by atoms with Crippen LogP contribution in [0.4, 0.5) is 17.3 Å². The van der Waals surface area contributed by atoms with Gasteiger partial charge in [-0.15, -0.1) is 0 Å². The number of amides is 1. The van der Waals surface area contributed by atoms with Crippen LogP contribution >= 0.6 is 0 Å². The monoisotopic (exact) mass is 537 g/mol. The van der Waals surface area contributed by atoms with Crippen molar-refractivity contribution < 1.29 is 21.6 Å². The molecule has 190 valence electrons. The summed E-state index contributed by atoms with van der Waals surface area (Å²) in [4.78, 5) is 20.4. The molecule has 4 aromatic rings. The van der Waals surface area contributed by atoms with Gasteiger partial charge in [0.25, 0.3) is 15.9 Å². The predicted molar refractivity (Wildman–Crippen MR) is 141 cm³/mol. The summed E-state index contributed by atoms with van der Waals surface area (Å²) in [6.07, 6.45) is 3.96. The Morgan fingerprint density at radius 3 is 2.03 bits per heavy atom. The number of sulfonamides is 2. The van der Waals surface area contributed by atoms with E-state index in [0.717, 1.165) is 11.8 Å². The smallest absolute Gasteiger partial charge is 0.264 e. The Morgan fingerprint density at radius 1 is 0.811 bits per heavy atom. The molecule has 0 bridgehead atoms. The van der Waals surface area contributed by atoms with E-state index in [4.69, 9.17) is 0 Å². The molecule has 0 atom stereocenters. The molecule has 12 heteroatoms. The lowest BCUT2D eigenvalue weighted by Crippen LogP contribution is -2.29. The van der Waals surface area contributed by atoms with Crippen molar-refractivity contribution in [1.82, 2.24) is 9.97 Å². The zero-order valence-electron chi connectivity index (χ0n) is 19.6. The number of aromatic nitrogens is 2. The summed E-state index contributed by atoms with van der Waals surface area (Å²) < 4.78 is 53.3. The normalized spacial score (nSPS) is 11.5. The van der Waals surface area contributed by atoms with Gasteiger partial charge in [0, 0.05) is 23.6 Å². The zero-order valence-corrected chi connectivity index (χ0v) is 21.3. The number of nitrogens with zero attached hydrogens (tertiary/aromatic N) is 3. The summed E-state index contributed by atoms with van der Waals surface area (Å²) in [5.74, 6) is -0.492. The van der Waals surface area contributed by atoms with Crippen molar-refractivity contribution in [1.29, 1.82) is 0 Å². The van der Waals surface area contributed by atoms with E-state index in [0.29, 0.717) is 16.9 Å². The van der Waals surface area contributed by atoms with Crippen molar-refractivity contribution >= 4 is 43.3 Å². The highest BCUT2D eigenvalue weighted by atomic mass is 32.2. The van der Waals surface area contributed by atoms with Crippen LogP contribution in [0.3, 0.4) is 0 Å². The number of nitrogens with one attached hydrogen (secondary N) is 2. The Hall–Kier alpha value is -4.29. The van der Waals surface area contributed by atoms with Gasteiger partial charge in [-0.3, -0.25) is 9.10 Å². The Balaban J connectivity index is 1.44. The molecule has 2 N–H and O–H groups in total. The van der Waals surface area contributed by atoms with Gasteiger partial charge in [0.1, 0.15) is 0 Å². The van der Waals surface area contributed by atoms with Crippen LogP contribution in [0.2, 0.25) is 0 Å². The molecule has 0 saturated carbocycles. The highest BCUT2D eigenvalue weighted by molar-refractivity contribution is 7.92. The third-order valence-corrected chi connectivity index (χ3v) is 7.69. The quantitative estimate of drug-likeness (QED) is 0.333. The lowest BCUT2D eigenvalue weighted by atomic mass is 10.1. The molecule has 0 saturated heterocycles. The maximum Gasteiger partial charge on any atom is 0.264 e. The van der Waals surface area contributed by atoms with Crippen LogP contribution in [0.1, 0.15) is 15.9 Å². The summed E-state index contributed by atoms with van der Waals surface area (Å²) in [6.45, 7) is 0.158. The molecule has 0 radical (unpaired) electrons. The van der Waals surface area contributed by atoms with Crippen LogP contribution in [-0.2, 0) is 26.6 Å². The van der Waals surface area contributed by atoms with E-state index in [9.17, 15) is 21.6 Å². The van der Waals surface area contributed by atoms with Gasteiger partial charge in [0.15, 0.2) is 0 Å². The Bertz CT molecular complexity index is 1580.